The lowest BCUT2D eigenvalue weighted by molar-refractivity contribution is 0.475. The predicted molar refractivity (Wildman–Crippen MR) is 85.4 cm³/mol. The van der Waals surface area contributed by atoms with Crippen molar-refractivity contribution in [1.29, 1.82) is 5.26 Å². The summed E-state index contributed by atoms with van der Waals surface area (Å²) in [5.74, 6) is 0.359. The molecule has 0 bridgehead atoms. The van der Waals surface area contributed by atoms with E-state index in [1.54, 1.807) is 48.5 Å². The molecule has 0 aliphatic heterocycles. The minimum atomic E-state index is 0.179. The Morgan fingerprint density at radius 1 is 0.636 bits per heavy atom. The molecule has 3 rings (SSSR count). The highest BCUT2D eigenvalue weighted by Gasteiger charge is 2.06. The maximum Gasteiger partial charge on any atom is 0.116 e. The Bertz CT molecular complexity index is 815. The number of aromatic hydroxyl groups is 2. The van der Waals surface area contributed by atoms with Gasteiger partial charge in [0.1, 0.15) is 11.5 Å². The summed E-state index contributed by atoms with van der Waals surface area (Å²) < 4.78 is 0. The second-order valence-corrected chi connectivity index (χ2v) is 5.01. The van der Waals surface area contributed by atoms with Gasteiger partial charge in [0.05, 0.1) is 11.6 Å². The van der Waals surface area contributed by atoms with Gasteiger partial charge in [-0.1, -0.05) is 24.3 Å². The number of hydrogen-bond donors (Lipinski definition) is 2. The summed E-state index contributed by atoms with van der Waals surface area (Å²) >= 11 is 0. The van der Waals surface area contributed by atoms with Gasteiger partial charge >= 0.3 is 0 Å². The Morgan fingerprint density at radius 3 is 1.55 bits per heavy atom. The second kappa shape index (κ2) is 5.63. The van der Waals surface area contributed by atoms with Gasteiger partial charge in [0.15, 0.2) is 0 Å². The van der Waals surface area contributed by atoms with Crippen LogP contribution in [0, 0.1) is 11.3 Å². The highest BCUT2D eigenvalue weighted by molar-refractivity contribution is 5.76. The summed E-state index contributed by atoms with van der Waals surface area (Å²) in [6.45, 7) is 0. The number of phenols is 2. The van der Waals surface area contributed by atoms with Crippen LogP contribution >= 0.6 is 0 Å². The molecular formula is C19H13NO2. The fourth-order valence-electron chi connectivity index (χ4n) is 2.40. The highest BCUT2D eigenvalue weighted by atomic mass is 16.3. The van der Waals surface area contributed by atoms with Crippen molar-refractivity contribution in [2.45, 2.75) is 0 Å². The van der Waals surface area contributed by atoms with E-state index in [1.165, 1.54) is 0 Å². The van der Waals surface area contributed by atoms with Crippen molar-refractivity contribution >= 4 is 0 Å². The molecule has 0 spiro atoms. The fourth-order valence-corrected chi connectivity index (χ4v) is 2.40. The van der Waals surface area contributed by atoms with E-state index in [9.17, 15) is 15.5 Å². The fraction of sp³-hybridized carbons (Fsp3) is 0. The molecule has 0 fully saturated rings. The van der Waals surface area contributed by atoms with E-state index >= 15 is 0 Å². The molecule has 3 aromatic carbocycles. The van der Waals surface area contributed by atoms with Crippen LogP contribution in [-0.4, -0.2) is 10.2 Å². The molecule has 0 aromatic heterocycles. The molecule has 2 N–H and O–H groups in total. The monoisotopic (exact) mass is 287 g/mol. The summed E-state index contributed by atoms with van der Waals surface area (Å²) in [5.41, 5.74) is 3.87. The first kappa shape index (κ1) is 13.7. The van der Waals surface area contributed by atoms with Crippen LogP contribution in [0.5, 0.6) is 11.5 Å². The van der Waals surface area contributed by atoms with Gasteiger partial charge in [-0.25, -0.2) is 0 Å². The van der Waals surface area contributed by atoms with Crippen LogP contribution in [0.3, 0.4) is 0 Å². The van der Waals surface area contributed by atoms with Crippen molar-refractivity contribution in [3.63, 3.8) is 0 Å². The lowest BCUT2D eigenvalue weighted by Gasteiger charge is -2.08. The van der Waals surface area contributed by atoms with Crippen molar-refractivity contribution < 1.29 is 10.2 Å². The smallest absolute Gasteiger partial charge is 0.116 e. The molecule has 0 saturated heterocycles. The molecule has 0 saturated carbocycles. The van der Waals surface area contributed by atoms with Crippen molar-refractivity contribution in [3.05, 3.63) is 72.3 Å². The van der Waals surface area contributed by atoms with Gasteiger partial charge < -0.3 is 10.2 Å². The van der Waals surface area contributed by atoms with Crippen LogP contribution < -0.4 is 0 Å². The van der Waals surface area contributed by atoms with Crippen LogP contribution in [0.4, 0.5) is 0 Å². The Morgan fingerprint density at radius 2 is 1.14 bits per heavy atom. The average molecular weight is 287 g/mol. The van der Waals surface area contributed by atoms with Crippen LogP contribution in [-0.2, 0) is 0 Å². The summed E-state index contributed by atoms with van der Waals surface area (Å²) in [4.78, 5) is 0. The molecule has 0 atom stereocenters. The van der Waals surface area contributed by atoms with Crippen LogP contribution in [0.2, 0.25) is 0 Å². The quantitative estimate of drug-likeness (QED) is 0.738. The highest BCUT2D eigenvalue weighted by Crippen LogP contribution is 2.30. The third-order valence-corrected chi connectivity index (χ3v) is 3.42. The van der Waals surface area contributed by atoms with Gasteiger partial charge in [0, 0.05) is 0 Å². The first-order valence-electron chi connectivity index (χ1n) is 6.80. The molecule has 0 aliphatic carbocycles. The van der Waals surface area contributed by atoms with E-state index in [0.29, 0.717) is 5.56 Å². The number of phenolic OH excluding ortho intramolecular Hbond substituents is 2. The lowest BCUT2D eigenvalue weighted by Crippen LogP contribution is -1.85. The predicted octanol–water partition coefficient (Wildman–Crippen LogP) is 4.30. The normalized spacial score (nSPS) is 10.1. The van der Waals surface area contributed by atoms with E-state index < -0.39 is 0 Å². The maximum absolute atomic E-state index is 9.63. The molecule has 0 heterocycles. The zero-order chi connectivity index (χ0) is 15.5. The van der Waals surface area contributed by atoms with Crippen molar-refractivity contribution in [2.24, 2.45) is 0 Å². The molecule has 22 heavy (non-hydrogen) atoms. The average Bonchev–Trinajstić information content (AvgIpc) is 2.54. The second-order valence-electron chi connectivity index (χ2n) is 5.01. The van der Waals surface area contributed by atoms with Crippen LogP contribution in [0.25, 0.3) is 22.3 Å². The van der Waals surface area contributed by atoms with Gasteiger partial charge in [-0.3, -0.25) is 0 Å². The number of nitriles is 1. The molecule has 106 valence electrons. The number of rotatable bonds is 2. The molecule has 3 nitrogen and oxygen atoms in total. The van der Waals surface area contributed by atoms with Gasteiger partial charge in [0.25, 0.3) is 0 Å². The summed E-state index contributed by atoms with van der Waals surface area (Å²) in [7, 11) is 0. The number of benzene rings is 3. The standard InChI is InChI=1S/C19H13NO2/c20-12-13-7-16(14-3-1-5-18(21)10-14)9-17(8-13)15-4-2-6-19(22)11-15/h1-11,21-22H. The summed E-state index contributed by atoms with van der Waals surface area (Å²) in [6.07, 6.45) is 0. The minimum Gasteiger partial charge on any atom is -0.508 e. The van der Waals surface area contributed by atoms with E-state index in [-0.39, 0.29) is 11.5 Å². The minimum absolute atomic E-state index is 0.179. The van der Waals surface area contributed by atoms with E-state index in [4.69, 9.17) is 0 Å². The maximum atomic E-state index is 9.63. The van der Waals surface area contributed by atoms with Crippen LogP contribution in [0.15, 0.2) is 66.7 Å². The number of hydrogen-bond acceptors (Lipinski definition) is 3. The molecule has 0 radical (unpaired) electrons. The Labute approximate surface area is 128 Å². The largest absolute Gasteiger partial charge is 0.508 e. The zero-order valence-corrected chi connectivity index (χ0v) is 11.7. The van der Waals surface area contributed by atoms with Gasteiger partial charge in [-0.15, -0.1) is 0 Å². The Balaban J connectivity index is 2.17. The molecule has 0 unspecified atom stereocenters. The third-order valence-electron chi connectivity index (χ3n) is 3.42. The molecule has 3 heteroatoms. The molecule has 0 amide bonds. The van der Waals surface area contributed by atoms with Gasteiger partial charge in [0.2, 0.25) is 0 Å². The lowest BCUT2D eigenvalue weighted by atomic mass is 9.96. The Hall–Kier alpha value is -3.25. The van der Waals surface area contributed by atoms with Crippen molar-refractivity contribution in [2.75, 3.05) is 0 Å². The third kappa shape index (κ3) is 2.77. The Kier molecular flexibility index (Phi) is 3.51. The topological polar surface area (TPSA) is 64.2 Å². The molecule has 0 aliphatic rings. The van der Waals surface area contributed by atoms with Crippen LogP contribution in [0.1, 0.15) is 5.56 Å². The first-order valence-corrected chi connectivity index (χ1v) is 6.80. The van der Waals surface area contributed by atoms with E-state index in [2.05, 4.69) is 6.07 Å². The number of nitrogens with zero attached hydrogens (tertiary/aromatic N) is 1. The first-order chi connectivity index (χ1) is 10.7. The van der Waals surface area contributed by atoms with Crippen molar-refractivity contribution in [1.82, 2.24) is 0 Å². The van der Waals surface area contributed by atoms with E-state index in [0.717, 1.165) is 22.3 Å². The molecule has 3 aromatic rings. The summed E-state index contributed by atoms with van der Waals surface area (Å²) in [5, 5.41) is 28.5. The summed E-state index contributed by atoms with van der Waals surface area (Å²) in [6, 6.07) is 21.4. The SMILES string of the molecule is N#Cc1cc(-c2cccc(O)c2)cc(-c2cccc(O)c2)c1. The molecular weight excluding hydrogens is 274 g/mol. The zero-order valence-electron chi connectivity index (χ0n) is 11.7. The van der Waals surface area contributed by atoms with Gasteiger partial charge in [-0.2, -0.15) is 5.26 Å². The van der Waals surface area contributed by atoms with Gasteiger partial charge in [-0.05, 0) is 64.7 Å². The van der Waals surface area contributed by atoms with E-state index in [1.807, 2.05) is 18.2 Å². The van der Waals surface area contributed by atoms with Crippen molar-refractivity contribution in [3.8, 4) is 39.8 Å².